The number of amides is 1. The molecule has 1 aliphatic heterocycles. The van der Waals surface area contributed by atoms with E-state index in [1.165, 1.54) is 11.5 Å². The van der Waals surface area contributed by atoms with Gasteiger partial charge in [0.25, 0.3) is 0 Å². The fraction of sp³-hybridized carbons (Fsp3) is 0.471. The zero-order valence-corrected chi connectivity index (χ0v) is 15.0. The van der Waals surface area contributed by atoms with Gasteiger partial charge in [0, 0.05) is 30.2 Å². The largest absolute Gasteiger partial charge is 0.444 e. The van der Waals surface area contributed by atoms with Crippen LogP contribution in [0.5, 0.6) is 0 Å². The van der Waals surface area contributed by atoms with Crippen LogP contribution < -0.4 is 10.2 Å². The Bertz CT molecular complexity index is 696. The summed E-state index contributed by atoms with van der Waals surface area (Å²) in [5.74, 6) is 0.749. The molecule has 1 fully saturated rings. The van der Waals surface area contributed by atoms with E-state index in [1.54, 1.807) is 0 Å². The summed E-state index contributed by atoms with van der Waals surface area (Å²) in [6.45, 7) is 7.16. The number of nitrogens with zero attached hydrogens (tertiary/aromatic N) is 3. The van der Waals surface area contributed by atoms with Crippen LogP contribution >= 0.6 is 11.5 Å². The Labute approximate surface area is 146 Å². The highest BCUT2D eigenvalue weighted by Crippen LogP contribution is 2.26. The molecular formula is C17H22N4O2S. The maximum absolute atomic E-state index is 11.9. The third kappa shape index (κ3) is 4.23. The number of carbonyl (C=O) groups is 1. The lowest BCUT2D eigenvalue weighted by Crippen LogP contribution is -2.40. The normalized spacial score (nSPS) is 17.8. The molecule has 1 aliphatic rings. The lowest BCUT2D eigenvalue weighted by molar-refractivity contribution is 0.0509. The number of anilines is 1. The van der Waals surface area contributed by atoms with Gasteiger partial charge in [-0.25, -0.2) is 4.79 Å². The zero-order valence-electron chi connectivity index (χ0n) is 14.2. The number of hydrogen-bond acceptors (Lipinski definition) is 6. The minimum absolute atomic E-state index is 0.0731. The summed E-state index contributed by atoms with van der Waals surface area (Å²) in [5, 5.41) is 3.82. The van der Waals surface area contributed by atoms with Gasteiger partial charge in [0.05, 0.1) is 6.04 Å². The molecule has 7 heteroatoms. The van der Waals surface area contributed by atoms with Gasteiger partial charge in [0.2, 0.25) is 5.13 Å². The summed E-state index contributed by atoms with van der Waals surface area (Å²) in [5.41, 5.74) is 0.536. The maximum Gasteiger partial charge on any atom is 0.407 e. The molecule has 0 saturated carbocycles. The van der Waals surface area contributed by atoms with Gasteiger partial charge < -0.3 is 15.0 Å². The van der Waals surface area contributed by atoms with Crippen molar-refractivity contribution in [1.29, 1.82) is 0 Å². The van der Waals surface area contributed by atoms with E-state index in [0.717, 1.165) is 36.0 Å². The van der Waals surface area contributed by atoms with E-state index >= 15 is 0 Å². The second kappa shape index (κ2) is 6.76. The molecule has 0 spiro atoms. The highest BCUT2D eigenvalue weighted by atomic mass is 32.1. The number of carbonyl (C=O) groups excluding carboxylic acids is 1. The topological polar surface area (TPSA) is 67.3 Å². The first kappa shape index (κ1) is 16.7. The van der Waals surface area contributed by atoms with E-state index < -0.39 is 5.60 Å². The third-order valence-electron chi connectivity index (χ3n) is 3.63. The van der Waals surface area contributed by atoms with E-state index in [-0.39, 0.29) is 12.1 Å². The molecule has 6 nitrogen and oxygen atoms in total. The molecule has 0 bridgehead atoms. The van der Waals surface area contributed by atoms with Gasteiger partial charge in [-0.05, 0) is 27.2 Å². The fourth-order valence-electron chi connectivity index (χ4n) is 2.57. The van der Waals surface area contributed by atoms with Crippen LogP contribution in [0, 0.1) is 0 Å². The lowest BCUT2D eigenvalue weighted by atomic mass is 10.2. The van der Waals surface area contributed by atoms with Gasteiger partial charge >= 0.3 is 6.09 Å². The Kier molecular flexibility index (Phi) is 4.71. The molecular weight excluding hydrogens is 324 g/mol. The van der Waals surface area contributed by atoms with Crippen LogP contribution in [0.4, 0.5) is 9.93 Å². The Balaban J connectivity index is 1.58. The smallest absolute Gasteiger partial charge is 0.407 e. The van der Waals surface area contributed by atoms with Crippen LogP contribution in [-0.2, 0) is 4.74 Å². The Morgan fingerprint density at radius 1 is 1.33 bits per heavy atom. The van der Waals surface area contributed by atoms with Crippen molar-refractivity contribution >= 4 is 22.8 Å². The van der Waals surface area contributed by atoms with Gasteiger partial charge in [0.15, 0.2) is 5.82 Å². The van der Waals surface area contributed by atoms with Crippen LogP contribution in [0.1, 0.15) is 27.2 Å². The van der Waals surface area contributed by atoms with Crippen molar-refractivity contribution in [2.24, 2.45) is 0 Å². The van der Waals surface area contributed by atoms with Crippen LogP contribution in [-0.4, -0.2) is 40.2 Å². The number of hydrogen-bond donors (Lipinski definition) is 1. The highest BCUT2D eigenvalue weighted by Gasteiger charge is 2.28. The van der Waals surface area contributed by atoms with Crippen molar-refractivity contribution in [2.45, 2.75) is 38.8 Å². The van der Waals surface area contributed by atoms with E-state index in [1.807, 2.05) is 51.1 Å². The molecule has 3 rings (SSSR count). The van der Waals surface area contributed by atoms with Crippen LogP contribution in [0.2, 0.25) is 0 Å². The molecule has 1 aromatic carbocycles. The van der Waals surface area contributed by atoms with Crippen LogP contribution in [0.25, 0.3) is 11.4 Å². The van der Waals surface area contributed by atoms with E-state index in [9.17, 15) is 4.79 Å². The van der Waals surface area contributed by atoms with Crippen molar-refractivity contribution in [2.75, 3.05) is 18.0 Å². The molecule has 1 atom stereocenters. The summed E-state index contributed by atoms with van der Waals surface area (Å²) >= 11 is 1.39. The van der Waals surface area contributed by atoms with Crippen molar-refractivity contribution in [3.63, 3.8) is 0 Å². The second-order valence-electron chi connectivity index (χ2n) is 6.84. The monoisotopic (exact) mass is 346 g/mol. The molecule has 1 amide bonds. The predicted molar refractivity (Wildman–Crippen MR) is 95.3 cm³/mol. The molecule has 1 aromatic heterocycles. The summed E-state index contributed by atoms with van der Waals surface area (Å²) < 4.78 is 9.75. The summed E-state index contributed by atoms with van der Waals surface area (Å²) in [6.07, 6.45) is 0.510. The molecule has 1 N–H and O–H groups in total. The number of alkyl carbamates (subject to hydrolysis) is 1. The summed E-state index contributed by atoms with van der Waals surface area (Å²) in [6, 6.07) is 10.0. The van der Waals surface area contributed by atoms with Gasteiger partial charge in [0.1, 0.15) is 5.60 Å². The predicted octanol–water partition coefficient (Wildman–Crippen LogP) is 3.31. The number of ether oxygens (including phenoxy) is 1. The molecule has 1 unspecified atom stereocenters. The first-order valence-corrected chi connectivity index (χ1v) is 8.82. The lowest BCUT2D eigenvalue weighted by Gasteiger charge is -2.21. The third-order valence-corrected chi connectivity index (χ3v) is 4.40. The fourth-order valence-corrected chi connectivity index (χ4v) is 3.30. The molecule has 128 valence electrons. The highest BCUT2D eigenvalue weighted by molar-refractivity contribution is 7.09. The number of benzene rings is 1. The molecule has 1 saturated heterocycles. The van der Waals surface area contributed by atoms with Crippen molar-refractivity contribution in [3.8, 4) is 11.4 Å². The Morgan fingerprint density at radius 3 is 2.79 bits per heavy atom. The summed E-state index contributed by atoms with van der Waals surface area (Å²) in [7, 11) is 0. The molecule has 24 heavy (non-hydrogen) atoms. The minimum Gasteiger partial charge on any atom is -0.444 e. The average molecular weight is 346 g/mol. The maximum atomic E-state index is 11.9. The molecule has 0 aliphatic carbocycles. The number of nitrogens with one attached hydrogen (secondary N) is 1. The van der Waals surface area contributed by atoms with Gasteiger partial charge in [-0.2, -0.15) is 9.36 Å². The van der Waals surface area contributed by atoms with Crippen molar-refractivity contribution in [3.05, 3.63) is 30.3 Å². The van der Waals surface area contributed by atoms with Crippen LogP contribution in [0.3, 0.4) is 0 Å². The van der Waals surface area contributed by atoms with Crippen molar-refractivity contribution < 1.29 is 9.53 Å². The molecule has 0 radical (unpaired) electrons. The van der Waals surface area contributed by atoms with E-state index in [2.05, 4.69) is 19.6 Å². The van der Waals surface area contributed by atoms with Crippen molar-refractivity contribution in [1.82, 2.24) is 14.7 Å². The molecule has 2 heterocycles. The minimum atomic E-state index is -0.480. The van der Waals surface area contributed by atoms with Gasteiger partial charge in [-0.3, -0.25) is 0 Å². The average Bonchev–Trinajstić information content (AvgIpc) is 3.15. The molecule has 2 aromatic rings. The Morgan fingerprint density at radius 2 is 2.08 bits per heavy atom. The van der Waals surface area contributed by atoms with Crippen LogP contribution in [0.15, 0.2) is 30.3 Å². The quantitative estimate of drug-likeness (QED) is 0.923. The Hall–Kier alpha value is -2.15. The SMILES string of the molecule is CC(C)(C)OC(=O)NC1CCN(c2nc(-c3ccccc3)ns2)C1. The zero-order chi connectivity index (χ0) is 17.2. The van der Waals surface area contributed by atoms with E-state index in [0.29, 0.717) is 0 Å². The standard InChI is InChI=1S/C17H22N4O2S/c1-17(2,3)23-16(22)18-13-9-10-21(11-13)15-19-14(20-24-15)12-7-5-4-6-8-12/h4-8,13H,9-11H2,1-3H3,(H,18,22). The first-order chi connectivity index (χ1) is 11.4. The van der Waals surface area contributed by atoms with Gasteiger partial charge in [-0.15, -0.1) is 0 Å². The van der Waals surface area contributed by atoms with Gasteiger partial charge in [-0.1, -0.05) is 30.3 Å². The second-order valence-corrected chi connectivity index (χ2v) is 7.57. The van der Waals surface area contributed by atoms with E-state index in [4.69, 9.17) is 4.74 Å². The number of aromatic nitrogens is 2. The summed E-state index contributed by atoms with van der Waals surface area (Å²) in [4.78, 5) is 18.7. The first-order valence-electron chi connectivity index (χ1n) is 8.04. The number of rotatable bonds is 3.